The number of thioether (sulfide) groups is 1. The van der Waals surface area contributed by atoms with E-state index in [2.05, 4.69) is 24.0 Å². The highest BCUT2D eigenvalue weighted by Gasteiger charge is 2.29. The SMILES string of the molecule is CC1SCCN(c2ncc([N+](=O)[O-])cc2C(N)=NO)C1C. The molecule has 1 aliphatic rings. The average molecular weight is 311 g/mol. The summed E-state index contributed by atoms with van der Waals surface area (Å²) in [7, 11) is 0. The number of amidine groups is 1. The van der Waals surface area contributed by atoms with Gasteiger partial charge in [-0.1, -0.05) is 12.1 Å². The molecule has 0 amide bonds. The van der Waals surface area contributed by atoms with Crippen molar-refractivity contribution in [3.05, 3.63) is 27.9 Å². The van der Waals surface area contributed by atoms with Crippen molar-refractivity contribution in [2.24, 2.45) is 10.9 Å². The first kappa shape index (κ1) is 15.4. The van der Waals surface area contributed by atoms with E-state index in [1.807, 2.05) is 16.7 Å². The lowest BCUT2D eigenvalue weighted by Crippen LogP contribution is -2.46. The molecule has 3 N–H and O–H groups in total. The van der Waals surface area contributed by atoms with Gasteiger partial charge >= 0.3 is 0 Å². The van der Waals surface area contributed by atoms with Gasteiger partial charge in [-0.05, 0) is 6.92 Å². The Balaban J connectivity index is 2.49. The number of nitrogens with two attached hydrogens (primary N) is 1. The molecule has 21 heavy (non-hydrogen) atoms. The van der Waals surface area contributed by atoms with Gasteiger partial charge in [0.05, 0.1) is 10.5 Å². The maximum atomic E-state index is 10.9. The maximum Gasteiger partial charge on any atom is 0.288 e. The number of anilines is 1. The first-order valence-corrected chi connectivity index (χ1v) is 7.51. The van der Waals surface area contributed by atoms with E-state index in [0.717, 1.165) is 12.3 Å². The largest absolute Gasteiger partial charge is 0.409 e. The van der Waals surface area contributed by atoms with Crippen molar-refractivity contribution < 1.29 is 10.1 Å². The topological polar surface area (TPSA) is 118 Å². The van der Waals surface area contributed by atoms with Crippen molar-refractivity contribution in [2.75, 3.05) is 17.2 Å². The summed E-state index contributed by atoms with van der Waals surface area (Å²) < 4.78 is 0. The van der Waals surface area contributed by atoms with E-state index in [9.17, 15) is 10.1 Å². The molecule has 2 unspecified atom stereocenters. The highest BCUT2D eigenvalue weighted by molar-refractivity contribution is 8.00. The molecule has 8 nitrogen and oxygen atoms in total. The van der Waals surface area contributed by atoms with Crippen LogP contribution in [0.25, 0.3) is 0 Å². The molecule has 114 valence electrons. The molecule has 0 bridgehead atoms. The lowest BCUT2D eigenvalue weighted by Gasteiger charge is -2.39. The van der Waals surface area contributed by atoms with Crippen molar-refractivity contribution in [1.29, 1.82) is 0 Å². The second-order valence-corrected chi connectivity index (χ2v) is 6.30. The predicted octanol–water partition coefficient (Wildman–Crippen LogP) is 1.41. The Morgan fingerprint density at radius 3 is 3.00 bits per heavy atom. The van der Waals surface area contributed by atoms with Crippen LogP contribution < -0.4 is 10.6 Å². The maximum absolute atomic E-state index is 10.9. The predicted molar refractivity (Wildman–Crippen MR) is 82.1 cm³/mol. The van der Waals surface area contributed by atoms with Gasteiger partial charge in [-0.15, -0.1) is 0 Å². The molecule has 0 aromatic carbocycles. The molecule has 0 radical (unpaired) electrons. The van der Waals surface area contributed by atoms with Gasteiger partial charge < -0.3 is 15.8 Å². The summed E-state index contributed by atoms with van der Waals surface area (Å²) in [5.74, 6) is 1.26. The summed E-state index contributed by atoms with van der Waals surface area (Å²) in [6.45, 7) is 4.94. The van der Waals surface area contributed by atoms with Crippen molar-refractivity contribution >= 4 is 29.1 Å². The second kappa shape index (κ2) is 6.17. The van der Waals surface area contributed by atoms with Crippen molar-refractivity contribution in [2.45, 2.75) is 25.1 Å². The Labute approximate surface area is 126 Å². The highest BCUT2D eigenvalue weighted by atomic mass is 32.2. The van der Waals surface area contributed by atoms with Crippen molar-refractivity contribution in [3.8, 4) is 0 Å². The number of nitrogens with zero attached hydrogens (tertiary/aromatic N) is 4. The molecule has 9 heteroatoms. The third kappa shape index (κ3) is 3.02. The van der Waals surface area contributed by atoms with Crippen molar-refractivity contribution in [1.82, 2.24) is 4.98 Å². The van der Waals surface area contributed by atoms with Crippen LogP contribution in [0, 0.1) is 10.1 Å². The third-order valence-electron chi connectivity index (χ3n) is 3.60. The molecule has 0 saturated carbocycles. The molecule has 1 aromatic heterocycles. The van der Waals surface area contributed by atoms with Crippen LogP contribution >= 0.6 is 11.8 Å². The molecule has 0 spiro atoms. The minimum Gasteiger partial charge on any atom is -0.409 e. The van der Waals surface area contributed by atoms with Crippen LogP contribution in [0.15, 0.2) is 17.4 Å². The number of aromatic nitrogens is 1. The number of oxime groups is 1. The Morgan fingerprint density at radius 2 is 2.38 bits per heavy atom. The zero-order valence-electron chi connectivity index (χ0n) is 11.8. The van der Waals surface area contributed by atoms with Gasteiger partial charge in [0.15, 0.2) is 5.84 Å². The summed E-state index contributed by atoms with van der Waals surface area (Å²) in [6, 6.07) is 1.49. The summed E-state index contributed by atoms with van der Waals surface area (Å²) in [6.07, 6.45) is 1.20. The minimum absolute atomic E-state index is 0.181. The van der Waals surface area contributed by atoms with E-state index in [1.54, 1.807) is 0 Å². The molecule has 1 saturated heterocycles. The van der Waals surface area contributed by atoms with E-state index in [4.69, 9.17) is 10.9 Å². The summed E-state index contributed by atoms with van der Waals surface area (Å²) >= 11 is 1.86. The highest BCUT2D eigenvalue weighted by Crippen LogP contribution is 2.31. The fourth-order valence-electron chi connectivity index (χ4n) is 2.25. The smallest absolute Gasteiger partial charge is 0.288 e. The van der Waals surface area contributed by atoms with Crippen LogP contribution in [0.2, 0.25) is 0 Å². The molecule has 1 fully saturated rings. The Kier molecular flexibility index (Phi) is 4.51. The average Bonchev–Trinajstić information content (AvgIpc) is 2.48. The van der Waals surface area contributed by atoms with Crippen LogP contribution in [0.4, 0.5) is 11.5 Å². The Bertz CT molecular complexity index is 580. The molecule has 2 rings (SSSR count). The molecular weight excluding hydrogens is 294 g/mol. The minimum atomic E-state index is -0.553. The van der Waals surface area contributed by atoms with Gasteiger partial charge in [0.2, 0.25) is 0 Å². The van der Waals surface area contributed by atoms with E-state index in [1.165, 1.54) is 12.3 Å². The first-order chi connectivity index (χ1) is 9.95. The zero-order chi connectivity index (χ0) is 15.6. The van der Waals surface area contributed by atoms with Gasteiger partial charge in [-0.2, -0.15) is 11.8 Å². The van der Waals surface area contributed by atoms with E-state index in [0.29, 0.717) is 11.1 Å². The van der Waals surface area contributed by atoms with E-state index in [-0.39, 0.29) is 23.1 Å². The molecule has 0 aliphatic carbocycles. The number of hydrogen-bond acceptors (Lipinski definition) is 7. The van der Waals surface area contributed by atoms with Gasteiger partial charge in [0.1, 0.15) is 12.0 Å². The summed E-state index contributed by atoms with van der Waals surface area (Å²) in [5.41, 5.74) is 5.74. The molecule has 1 aromatic rings. The van der Waals surface area contributed by atoms with Gasteiger partial charge in [-0.3, -0.25) is 10.1 Å². The van der Waals surface area contributed by atoms with Crippen molar-refractivity contribution in [3.63, 3.8) is 0 Å². The number of nitro groups is 1. The Morgan fingerprint density at radius 1 is 1.67 bits per heavy atom. The fourth-order valence-corrected chi connectivity index (χ4v) is 3.35. The Hall–Kier alpha value is -2.03. The molecule has 2 heterocycles. The van der Waals surface area contributed by atoms with Crippen LogP contribution in [0.1, 0.15) is 19.4 Å². The third-order valence-corrected chi connectivity index (χ3v) is 4.94. The summed E-state index contributed by atoms with van der Waals surface area (Å²) in [4.78, 5) is 16.5. The van der Waals surface area contributed by atoms with Gasteiger partial charge in [0.25, 0.3) is 5.69 Å². The van der Waals surface area contributed by atoms with E-state index >= 15 is 0 Å². The van der Waals surface area contributed by atoms with Gasteiger partial charge in [-0.25, -0.2) is 4.98 Å². The van der Waals surface area contributed by atoms with Crippen LogP contribution in [0.5, 0.6) is 0 Å². The van der Waals surface area contributed by atoms with Gasteiger partial charge in [0, 0.05) is 29.7 Å². The monoisotopic (exact) mass is 311 g/mol. The van der Waals surface area contributed by atoms with Crippen LogP contribution in [0.3, 0.4) is 0 Å². The number of rotatable bonds is 3. The fraction of sp³-hybridized carbons (Fsp3) is 0.500. The lowest BCUT2D eigenvalue weighted by molar-refractivity contribution is -0.385. The normalized spacial score (nSPS) is 23.1. The number of hydrogen-bond donors (Lipinski definition) is 2. The molecule has 1 aliphatic heterocycles. The zero-order valence-corrected chi connectivity index (χ0v) is 12.6. The number of pyridine rings is 1. The van der Waals surface area contributed by atoms with E-state index < -0.39 is 4.92 Å². The molecule has 2 atom stereocenters. The lowest BCUT2D eigenvalue weighted by atomic mass is 10.1. The summed E-state index contributed by atoms with van der Waals surface area (Å²) in [5, 5.41) is 23.1. The molecular formula is C12H17N5O3S. The quantitative estimate of drug-likeness (QED) is 0.285. The van der Waals surface area contributed by atoms with Crippen LogP contribution in [-0.2, 0) is 0 Å². The van der Waals surface area contributed by atoms with Crippen LogP contribution in [-0.4, -0.2) is 44.5 Å². The second-order valence-electron chi connectivity index (χ2n) is 4.82. The first-order valence-electron chi connectivity index (χ1n) is 6.46. The standard InChI is InChI=1S/C12H17N5O3S/c1-7-8(2)21-4-3-16(7)12-10(11(13)15-18)5-9(6-14-12)17(19)20/h5-8,18H,3-4H2,1-2H3,(H2,13,15).